The number of aryl methyl sites for hydroxylation is 1. The lowest BCUT2D eigenvalue weighted by Crippen LogP contribution is -2.37. The molecule has 0 aliphatic carbocycles. The summed E-state index contributed by atoms with van der Waals surface area (Å²) in [4.78, 5) is 25.1. The summed E-state index contributed by atoms with van der Waals surface area (Å²) in [6.07, 6.45) is 0.479. The van der Waals surface area contributed by atoms with E-state index in [2.05, 4.69) is 10.6 Å². The fourth-order valence-electron chi connectivity index (χ4n) is 3.60. The van der Waals surface area contributed by atoms with Crippen molar-refractivity contribution in [2.45, 2.75) is 19.9 Å². The van der Waals surface area contributed by atoms with Crippen LogP contribution in [0.15, 0.2) is 66.7 Å². The number of carbonyl (C=O) groups is 2. The van der Waals surface area contributed by atoms with Crippen LogP contribution in [0.4, 0.5) is 10.1 Å². The molecule has 1 heterocycles. The van der Waals surface area contributed by atoms with Crippen molar-refractivity contribution in [3.05, 3.63) is 94.8 Å². The average molecular weight is 418 g/mol. The van der Waals surface area contributed by atoms with Gasteiger partial charge in [0.1, 0.15) is 18.2 Å². The first-order valence-corrected chi connectivity index (χ1v) is 10.1. The Morgan fingerprint density at radius 2 is 1.90 bits per heavy atom. The summed E-state index contributed by atoms with van der Waals surface area (Å²) < 4.78 is 19.5. The van der Waals surface area contributed by atoms with Crippen molar-refractivity contribution >= 4 is 17.5 Å². The third kappa shape index (κ3) is 4.91. The Kier molecular flexibility index (Phi) is 5.98. The molecular weight excluding hydrogens is 395 g/mol. The van der Waals surface area contributed by atoms with Gasteiger partial charge in [-0.25, -0.2) is 4.39 Å². The number of fused-ring (bicyclic) bond motifs is 1. The van der Waals surface area contributed by atoms with Crippen LogP contribution in [0.3, 0.4) is 0 Å². The van der Waals surface area contributed by atoms with Gasteiger partial charge in [0.05, 0.1) is 5.92 Å². The molecule has 2 amide bonds. The molecule has 0 radical (unpaired) electrons. The van der Waals surface area contributed by atoms with Gasteiger partial charge < -0.3 is 15.4 Å². The molecule has 0 aromatic heterocycles. The van der Waals surface area contributed by atoms with E-state index in [9.17, 15) is 14.0 Å². The van der Waals surface area contributed by atoms with Crippen molar-refractivity contribution in [2.24, 2.45) is 5.92 Å². The third-order valence-electron chi connectivity index (χ3n) is 5.29. The average Bonchev–Trinajstić information content (AvgIpc) is 2.78. The van der Waals surface area contributed by atoms with E-state index in [0.717, 1.165) is 11.1 Å². The predicted molar refractivity (Wildman–Crippen MR) is 117 cm³/mol. The number of hydrogen-bond acceptors (Lipinski definition) is 3. The van der Waals surface area contributed by atoms with Crippen molar-refractivity contribution in [1.82, 2.24) is 5.32 Å². The molecule has 0 unspecified atom stereocenters. The molecule has 31 heavy (non-hydrogen) atoms. The van der Waals surface area contributed by atoms with Crippen molar-refractivity contribution in [2.75, 3.05) is 11.9 Å². The molecule has 1 atom stereocenters. The predicted octanol–water partition coefficient (Wildman–Crippen LogP) is 4.25. The van der Waals surface area contributed by atoms with Crippen molar-refractivity contribution < 1.29 is 18.7 Å². The minimum absolute atomic E-state index is 0.126. The molecule has 0 saturated carbocycles. The monoisotopic (exact) mass is 418 g/mol. The number of amides is 2. The van der Waals surface area contributed by atoms with Crippen LogP contribution in [0.25, 0.3) is 0 Å². The zero-order valence-corrected chi connectivity index (χ0v) is 17.2. The second-order valence-corrected chi connectivity index (χ2v) is 7.67. The van der Waals surface area contributed by atoms with Crippen molar-refractivity contribution in [1.29, 1.82) is 0 Å². The normalized spacial score (nSPS) is 14.8. The van der Waals surface area contributed by atoms with Crippen molar-refractivity contribution in [3.8, 4) is 5.75 Å². The summed E-state index contributed by atoms with van der Waals surface area (Å²) in [7, 11) is 0. The van der Waals surface area contributed by atoms with Crippen LogP contribution in [0, 0.1) is 18.7 Å². The number of ether oxygens (including phenoxy) is 1. The Labute approximate surface area is 180 Å². The van der Waals surface area contributed by atoms with E-state index in [1.165, 1.54) is 6.07 Å². The fraction of sp³-hybridized carbons (Fsp3) is 0.200. The Bertz CT molecular complexity index is 1130. The molecule has 4 rings (SSSR count). The van der Waals surface area contributed by atoms with E-state index >= 15 is 0 Å². The van der Waals surface area contributed by atoms with Crippen LogP contribution in [0.2, 0.25) is 0 Å². The summed E-state index contributed by atoms with van der Waals surface area (Å²) in [5.74, 6) is -0.418. The van der Waals surface area contributed by atoms with Gasteiger partial charge in [0.15, 0.2) is 0 Å². The molecule has 3 aromatic rings. The Balaban J connectivity index is 1.40. The van der Waals surface area contributed by atoms with Gasteiger partial charge in [0.2, 0.25) is 5.91 Å². The summed E-state index contributed by atoms with van der Waals surface area (Å²) in [5, 5.41) is 5.68. The van der Waals surface area contributed by atoms with Crippen LogP contribution in [-0.4, -0.2) is 18.4 Å². The van der Waals surface area contributed by atoms with Gasteiger partial charge in [-0.2, -0.15) is 0 Å². The van der Waals surface area contributed by atoms with E-state index in [1.54, 1.807) is 36.4 Å². The Morgan fingerprint density at radius 1 is 1.06 bits per heavy atom. The summed E-state index contributed by atoms with van der Waals surface area (Å²) in [6.45, 7) is 2.32. The molecule has 0 saturated heterocycles. The minimum atomic E-state index is -0.387. The molecule has 3 aromatic carbocycles. The number of benzene rings is 3. The summed E-state index contributed by atoms with van der Waals surface area (Å²) in [6, 6.07) is 19.1. The number of rotatable bonds is 5. The largest absolute Gasteiger partial charge is 0.492 e. The molecular formula is C25H23FN2O3. The highest BCUT2D eigenvalue weighted by atomic mass is 19.1. The number of nitrogens with one attached hydrogen (secondary N) is 2. The molecule has 1 aliphatic heterocycles. The second kappa shape index (κ2) is 9.00. The smallest absolute Gasteiger partial charge is 0.255 e. The highest BCUT2D eigenvalue weighted by Crippen LogP contribution is 2.30. The molecule has 5 nitrogen and oxygen atoms in total. The van der Waals surface area contributed by atoms with Crippen LogP contribution in [0.5, 0.6) is 5.75 Å². The van der Waals surface area contributed by atoms with Crippen molar-refractivity contribution in [3.63, 3.8) is 0 Å². The number of carbonyl (C=O) groups excluding carboxylic acids is 2. The lowest BCUT2D eigenvalue weighted by Gasteiger charge is -2.25. The molecule has 1 aliphatic rings. The van der Waals surface area contributed by atoms with Gasteiger partial charge in [0.25, 0.3) is 5.91 Å². The molecule has 0 fully saturated rings. The maximum Gasteiger partial charge on any atom is 0.255 e. The van der Waals surface area contributed by atoms with E-state index in [1.807, 2.05) is 31.2 Å². The first kappa shape index (κ1) is 20.6. The van der Waals surface area contributed by atoms with Crippen LogP contribution in [-0.2, 0) is 17.8 Å². The number of hydrogen-bond donors (Lipinski definition) is 2. The molecule has 6 heteroatoms. The van der Waals surface area contributed by atoms with E-state index in [-0.39, 0.29) is 36.7 Å². The van der Waals surface area contributed by atoms with E-state index in [4.69, 9.17) is 4.74 Å². The maximum atomic E-state index is 13.8. The zero-order valence-electron chi connectivity index (χ0n) is 17.2. The number of anilines is 1. The first-order valence-electron chi connectivity index (χ1n) is 10.1. The van der Waals surface area contributed by atoms with Gasteiger partial charge in [0, 0.05) is 23.4 Å². The second-order valence-electron chi connectivity index (χ2n) is 7.67. The fourth-order valence-corrected chi connectivity index (χ4v) is 3.60. The quantitative estimate of drug-likeness (QED) is 0.651. The molecule has 2 N–H and O–H groups in total. The molecule has 0 bridgehead atoms. The highest BCUT2D eigenvalue weighted by molar-refractivity contribution is 6.04. The lowest BCUT2D eigenvalue weighted by molar-refractivity contribution is -0.126. The van der Waals surface area contributed by atoms with E-state index in [0.29, 0.717) is 29.0 Å². The zero-order chi connectivity index (χ0) is 21.8. The Hall–Kier alpha value is -3.67. The maximum absolute atomic E-state index is 13.8. The lowest BCUT2D eigenvalue weighted by atomic mass is 9.95. The highest BCUT2D eigenvalue weighted by Gasteiger charge is 2.26. The molecule has 0 spiro atoms. The summed E-state index contributed by atoms with van der Waals surface area (Å²) in [5.41, 5.74) is 3.52. The molecule has 158 valence electrons. The first-order chi connectivity index (χ1) is 15.0. The number of halogens is 1. The van der Waals surface area contributed by atoms with E-state index < -0.39 is 0 Å². The SMILES string of the molecule is Cc1cccc(C(=O)Nc2ccc3c(c2)C[C@@H](C(=O)NCc2ccccc2F)CO3)c1. The van der Waals surface area contributed by atoms with Crippen LogP contribution in [0.1, 0.15) is 27.0 Å². The van der Waals surface area contributed by atoms with Crippen LogP contribution < -0.4 is 15.4 Å². The third-order valence-corrected chi connectivity index (χ3v) is 5.29. The van der Waals surface area contributed by atoms with Crippen LogP contribution >= 0.6 is 0 Å². The van der Waals surface area contributed by atoms with Gasteiger partial charge in [-0.1, -0.05) is 35.9 Å². The van der Waals surface area contributed by atoms with Gasteiger partial charge in [-0.15, -0.1) is 0 Å². The summed E-state index contributed by atoms with van der Waals surface area (Å²) >= 11 is 0. The standard InChI is InChI=1S/C25H23FN2O3/c1-16-5-4-7-17(11-16)25(30)28-21-9-10-23-19(13-21)12-20(15-31-23)24(29)27-14-18-6-2-3-8-22(18)26/h2-11,13,20H,12,14-15H2,1H3,(H,27,29)(H,28,30)/t20-/m1/s1. The Morgan fingerprint density at radius 3 is 2.71 bits per heavy atom. The minimum Gasteiger partial charge on any atom is -0.492 e. The van der Waals surface area contributed by atoms with Gasteiger partial charge >= 0.3 is 0 Å². The topological polar surface area (TPSA) is 67.4 Å². The van der Waals surface area contributed by atoms with Gasteiger partial charge in [-0.05, 0) is 55.3 Å². The van der Waals surface area contributed by atoms with Gasteiger partial charge in [-0.3, -0.25) is 9.59 Å².